The standard InChI is InChI=1S/C29H37BrN8O4S2/c1-37(2)20-13-15-38(16-14-20)27-12-7-19(17-26(27)36-44(41,42)22-10-11-22)32-29-31-18-23(30)28(34-29)33-24-5-3-4-6-25(24)35-43(39,40)21-8-9-21/h3-7,12,17-18,20-22,35-36H,8-11,13-16H2,1-2H3,(H2,31,32,33,34). The van der Waals surface area contributed by atoms with E-state index in [4.69, 9.17) is 0 Å². The predicted molar refractivity (Wildman–Crippen MR) is 179 cm³/mol. The summed E-state index contributed by atoms with van der Waals surface area (Å²) in [5, 5.41) is 5.70. The molecule has 6 rings (SSSR count). The van der Waals surface area contributed by atoms with E-state index in [2.05, 4.69) is 69.9 Å². The van der Waals surface area contributed by atoms with Crippen molar-refractivity contribution in [2.75, 3.05) is 52.2 Å². The Labute approximate surface area is 267 Å². The molecular weight excluding hydrogens is 668 g/mol. The summed E-state index contributed by atoms with van der Waals surface area (Å²) in [5.41, 5.74) is 2.97. The topological polar surface area (TPSA) is 149 Å². The lowest BCUT2D eigenvalue weighted by molar-refractivity contribution is 0.250. The fourth-order valence-electron chi connectivity index (χ4n) is 5.28. The molecule has 0 unspecified atom stereocenters. The van der Waals surface area contributed by atoms with Crippen LogP contribution in [0.5, 0.6) is 0 Å². The number of hydrogen-bond acceptors (Lipinski definition) is 10. The number of hydrogen-bond donors (Lipinski definition) is 4. The molecule has 236 valence electrons. The number of sulfonamides is 2. The molecule has 0 atom stereocenters. The molecule has 1 aliphatic heterocycles. The van der Waals surface area contributed by atoms with Crippen molar-refractivity contribution in [2.45, 2.75) is 55.1 Å². The lowest BCUT2D eigenvalue weighted by atomic mass is 10.0. The van der Waals surface area contributed by atoms with Crippen LogP contribution in [0, 0.1) is 0 Å². The SMILES string of the molecule is CN(C)C1CCN(c2ccc(Nc3ncc(Br)c(Nc4ccccc4NS(=O)(=O)C4CC4)n3)cc2NS(=O)(=O)C2CC2)CC1. The summed E-state index contributed by atoms with van der Waals surface area (Å²) in [5.74, 6) is 0.706. The molecule has 2 aliphatic carbocycles. The van der Waals surface area contributed by atoms with Gasteiger partial charge >= 0.3 is 0 Å². The Morgan fingerprint density at radius 2 is 1.43 bits per heavy atom. The first-order valence-corrected chi connectivity index (χ1v) is 18.6. The number of para-hydroxylation sites is 2. The Bertz CT molecular complexity index is 1740. The number of aromatic nitrogens is 2. The molecule has 15 heteroatoms. The van der Waals surface area contributed by atoms with E-state index in [9.17, 15) is 16.8 Å². The van der Waals surface area contributed by atoms with Crippen molar-refractivity contribution in [3.8, 4) is 0 Å². The van der Waals surface area contributed by atoms with E-state index in [0.717, 1.165) is 31.6 Å². The zero-order valence-electron chi connectivity index (χ0n) is 24.6. The van der Waals surface area contributed by atoms with Gasteiger partial charge in [0.25, 0.3) is 0 Å². The van der Waals surface area contributed by atoms with Gasteiger partial charge in [-0.05, 0) is 98.9 Å². The highest BCUT2D eigenvalue weighted by Crippen LogP contribution is 2.37. The van der Waals surface area contributed by atoms with E-state index < -0.39 is 20.0 Å². The minimum Gasteiger partial charge on any atom is -0.370 e. The molecule has 0 bridgehead atoms. The molecule has 0 amide bonds. The van der Waals surface area contributed by atoms with E-state index in [1.54, 1.807) is 36.5 Å². The number of nitrogens with zero attached hydrogens (tertiary/aromatic N) is 4. The van der Waals surface area contributed by atoms with Crippen molar-refractivity contribution >= 4 is 76.2 Å². The van der Waals surface area contributed by atoms with Crippen LogP contribution in [0.2, 0.25) is 0 Å². The molecule has 2 saturated carbocycles. The first-order chi connectivity index (χ1) is 21.0. The molecule has 2 heterocycles. The van der Waals surface area contributed by atoms with Crippen LogP contribution in [-0.2, 0) is 20.0 Å². The third-order valence-electron chi connectivity index (χ3n) is 8.14. The van der Waals surface area contributed by atoms with Crippen molar-refractivity contribution in [1.29, 1.82) is 0 Å². The van der Waals surface area contributed by atoms with Crippen LogP contribution in [0.15, 0.2) is 53.1 Å². The number of piperidine rings is 1. The van der Waals surface area contributed by atoms with Crippen molar-refractivity contribution in [3.63, 3.8) is 0 Å². The molecule has 1 aromatic heterocycles. The Kier molecular flexibility index (Phi) is 8.65. The summed E-state index contributed by atoms with van der Waals surface area (Å²) in [4.78, 5) is 13.5. The van der Waals surface area contributed by atoms with Gasteiger partial charge in [0.15, 0.2) is 0 Å². The molecule has 3 fully saturated rings. The first kappa shape index (κ1) is 30.9. The largest absolute Gasteiger partial charge is 0.370 e. The zero-order valence-corrected chi connectivity index (χ0v) is 27.8. The summed E-state index contributed by atoms with van der Waals surface area (Å²) in [6, 6.07) is 13.2. The van der Waals surface area contributed by atoms with E-state index in [1.807, 2.05) is 12.1 Å². The molecule has 3 aromatic rings. The molecule has 3 aliphatic rings. The number of anilines is 7. The summed E-state index contributed by atoms with van der Waals surface area (Å²) in [7, 11) is -2.75. The Balaban J connectivity index is 1.23. The van der Waals surface area contributed by atoms with Crippen LogP contribution >= 0.6 is 15.9 Å². The molecule has 0 radical (unpaired) electrons. The van der Waals surface area contributed by atoms with Gasteiger partial charge in [-0.1, -0.05) is 12.1 Å². The van der Waals surface area contributed by atoms with Gasteiger partial charge in [0, 0.05) is 31.0 Å². The molecule has 44 heavy (non-hydrogen) atoms. The maximum Gasteiger partial charge on any atom is 0.235 e. The van der Waals surface area contributed by atoms with Gasteiger partial charge < -0.3 is 20.4 Å². The zero-order chi connectivity index (χ0) is 31.1. The molecule has 1 saturated heterocycles. The lowest BCUT2D eigenvalue weighted by Gasteiger charge is -2.37. The fraction of sp³-hybridized carbons (Fsp3) is 0.448. The van der Waals surface area contributed by atoms with Crippen LogP contribution in [0.1, 0.15) is 38.5 Å². The van der Waals surface area contributed by atoms with Gasteiger partial charge in [-0.25, -0.2) is 21.8 Å². The Morgan fingerprint density at radius 3 is 2.05 bits per heavy atom. The van der Waals surface area contributed by atoms with Gasteiger partial charge in [0.05, 0.1) is 37.7 Å². The third-order valence-corrected chi connectivity index (χ3v) is 12.4. The molecule has 12 nitrogen and oxygen atoms in total. The van der Waals surface area contributed by atoms with Crippen molar-refractivity contribution in [1.82, 2.24) is 14.9 Å². The van der Waals surface area contributed by atoms with E-state index >= 15 is 0 Å². The van der Waals surface area contributed by atoms with Crippen LogP contribution in [-0.4, -0.2) is 75.4 Å². The molecular formula is C29H37BrN8O4S2. The molecule has 0 spiro atoms. The van der Waals surface area contributed by atoms with Crippen LogP contribution in [0.25, 0.3) is 0 Å². The van der Waals surface area contributed by atoms with Crippen molar-refractivity contribution in [2.24, 2.45) is 0 Å². The average Bonchev–Trinajstić information content (AvgIpc) is 3.88. The number of benzene rings is 2. The van der Waals surface area contributed by atoms with Crippen molar-refractivity contribution in [3.05, 3.63) is 53.1 Å². The number of nitrogens with one attached hydrogen (secondary N) is 4. The highest BCUT2D eigenvalue weighted by molar-refractivity contribution is 9.10. The van der Waals surface area contributed by atoms with E-state index in [-0.39, 0.29) is 16.4 Å². The minimum absolute atomic E-state index is 0.280. The van der Waals surface area contributed by atoms with Gasteiger partial charge in [0.2, 0.25) is 26.0 Å². The Hall–Kier alpha value is -3.14. The summed E-state index contributed by atoms with van der Waals surface area (Å²) < 4.78 is 57.3. The van der Waals surface area contributed by atoms with Gasteiger partial charge in [-0.15, -0.1) is 0 Å². The maximum absolute atomic E-state index is 13.0. The summed E-state index contributed by atoms with van der Waals surface area (Å²) in [6.07, 6.45) is 6.25. The quantitative estimate of drug-likeness (QED) is 0.202. The normalized spacial score (nSPS) is 17.9. The highest BCUT2D eigenvalue weighted by Gasteiger charge is 2.37. The Morgan fingerprint density at radius 1 is 0.818 bits per heavy atom. The summed E-state index contributed by atoms with van der Waals surface area (Å²) in [6.45, 7) is 1.66. The van der Waals surface area contributed by atoms with Gasteiger partial charge in [-0.3, -0.25) is 9.44 Å². The van der Waals surface area contributed by atoms with E-state index in [1.165, 1.54) is 0 Å². The predicted octanol–water partition coefficient (Wildman–Crippen LogP) is 5.06. The number of halogens is 1. The second-order valence-corrected chi connectivity index (χ2v) is 16.6. The average molecular weight is 706 g/mol. The van der Waals surface area contributed by atoms with Crippen LogP contribution < -0.4 is 25.0 Å². The first-order valence-electron chi connectivity index (χ1n) is 14.7. The van der Waals surface area contributed by atoms with Gasteiger partial charge in [0.1, 0.15) is 5.82 Å². The smallest absolute Gasteiger partial charge is 0.235 e. The summed E-state index contributed by atoms with van der Waals surface area (Å²) >= 11 is 3.48. The minimum atomic E-state index is -3.49. The van der Waals surface area contributed by atoms with Crippen LogP contribution in [0.4, 0.5) is 40.2 Å². The van der Waals surface area contributed by atoms with Gasteiger partial charge in [-0.2, -0.15) is 4.98 Å². The monoisotopic (exact) mass is 704 g/mol. The lowest BCUT2D eigenvalue weighted by Crippen LogP contribution is -2.42. The number of rotatable bonds is 12. The van der Waals surface area contributed by atoms with Crippen LogP contribution in [0.3, 0.4) is 0 Å². The second-order valence-electron chi connectivity index (χ2n) is 11.8. The van der Waals surface area contributed by atoms with E-state index in [0.29, 0.717) is 64.8 Å². The molecule has 2 aromatic carbocycles. The highest BCUT2D eigenvalue weighted by atomic mass is 79.9. The third kappa shape index (κ3) is 7.22. The maximum atomic E-state index is 13.0. The van der Waals surface area contributed by atoms with Crippen molar-refractivity contribution < 1.29 is 16.8 Å². The fourth-order valence-corrected chi connectivity index (χ4v) is 8.37. The molecule has 4 N–H and O–H groups in total. The second kappa shape index (κ2) is 12.3.